The number of phosphoric ester groups is 1. The summed E-state index contributed by atoms with van der Waals surface area (Å²) in [6, 6.07) is 9.10. The standard InChI is InChI=1S/C29H53INO4P/c1-5-6-7-8-9-10-12-15-18-27(28-20-22-29(30)23-21-28)19-16-13-11-14-17-25-34-36(32,33)35-26-24-31(2,3)4/h20-23,27H,5-19,24-26H2,1-4H3. The number of phosphoric acid groups is 1. The summed E-state index contributed by atoms with van der Waals surface area (Å²) in [4.78, 5) is 11.8. The van der Waals surface area contributed by atoms with Gasteiger partial charge in [-0.05, 0) is 65.5 Å². The van der Waals surface area contributed by atoms with Gasteiger partial charge in [0, 0.05) is 3.57 Å². The van der Waals surface area contributed by atoms with E-state index >= 15 is 0 Å². The Hall–Kier alpha value is 0.0200. The second-order valence-electron chi connectivity index (χ2n) is 11.2. The van der Waals surface area contributed by atoms with Crippen LogP contribution in [0.15, 0.2) is 24.3 Å². The molecule has 0 saturated carbocycles. The molecule has 1 aromatic rings. The van der Waals surface area contributed by atoms with E-state index in [9.17, 15) is 9.46 Å². The second-order valence-corrected chi connectivity index (χ2v) is 13.9. The minimum Gasteiger partial charge on any atom is -0.756 e. The molecule has 2 atom stereocenters. The molecule has 0 aliphatic heterocycles. The van der Waals surface area contributed by atoms with Crippen LogP contribution in [0.4, 0.5) is 0 Å². The van der Waals surface area contributed by atoms with Crippen LogP contribution in [0.5, 0.6) is 0 Å². The number of likely N-dealkylation sites (N-methyl/N-ethyl adjacent to an activating group) is 1. The van der Waals surface area contributed by atoms with E-state index < -0.39 is 7.82 Å². The van der Waals surface area contributed by atoms with Crippen LogP contribution in [0.2, 0.25) is 0 Å². The molecule has 1 aromatic carbocycles. The van der Waals surface area contributed by atoms with Crippen molar-refractivity contribution in [1.29, 1.82) is 0 Å². The fraction of sp³-hybridized carbons (Fsp3) is 0.793. The van der Waals surface area contributed by atoms with Crippen LogP contribution in [0.1, 0.15) is 115 Å². The van der Waals surface area contributed by atoms with Crippen LogP contribution < -0.4 is 4.89 Å². The summed E-state index contributed by atoms with van der Waals surface area (Å²) >= 11 is 2.38. The van der Waals surface area contributed by atoms with E-state index in [0.717, 1.165) is 19.3 Å². The Morgan fingerprint density at radius 3 is 1.78 bits per heavy atom. The average Bonchev–Trinajstić information content (AvgIpc) is 2.80. The van der Waals surface area contributed by atoms with Gasteiger partial charge in [-0.1, -0.05) is 96.1 Å². The first kappa shape index (κ1) is 34.0. The summed E-state index contributed by atoms with van der Waals surface area (Å²) in [5, 5.41) is 0. The molecule has 0 saturated heterocycles. The third kappa shape index (κ3) is 19.1. The topological polar surface area (TPSA) is 58.6 Å². The number of rotatable bonds is 23. The lowest BCUT2D eigenvalue weighted by molar-refractivity contribution is -0.870. The van der Waals surface area contributed by atoms with Crippen molar-refractivity contribution in [2.24, 2.45) is 0 Å². The highest BCUT2D eigenvalue weighted by Gasteiger charge is 2.14. The molecular weight excluding hydrogens is 584 g/mol. The molecule has 1 rings (SSSR count). The number of halogens is 1. The van der Waals surface area contributed by atoms with Crippen molar-refractivity contribution in [3.8, 4) is 0 Å². The van der Waals surface area contributed by atoms with Gasteiger partial charge in [0.1, 0.15) is 13.2 Å². The van der Waals surface area contributed by atoms with Gasteiger partial charge in [0.2, 0.25) is 0 Å². The summed E-state index contributed by atoms with van der Waals surface area (Å²) in [7, 11) is 1.82. The molecule has 2 unspecified atom stereocenters. The number of unbranched alkanes of at least 4 members (excludes halogenated alkanes) is 11. The monoisotopic (exact) mass is 637 g/mol. The first-order chi connectivity index (χ1) is 17.1. The highest BCUT2D eigenvalue weighted by Crippen LogP contribution is 2.38. The molecule has 0 radical (unpaired) electrons. The Labute approximate surface area is 236 Å². The van der Waals surface area contributed by atoms with Crippen molar-refractivity contribution in [2.45, 2.75) is 109 Å². The highest BCUT2D eigenvalue weighted by atomic mass is 127. The lowest BCUT2D eigenvalue weighted by Crippen LogP contribution is -2.37. The number of nitrogens with zero attached hydrogens (tertiary/aromatic N) is 1. The van der Waals surface area contributed by atoms with Gasteiger partial charge in [0.25, 0.3) is 7.82 Å². The van der Waals surface area contributed by atoms with Gasteiger partial charge in [0.15, 0.2) is 0 Å². The van der Waals surface area contributed by atoms with Crippen LogP contribution in [0.25, 0.3) is 0 Å². The Morgan fingerprint density at radius 2 is 1.25 bits per heavy atom. The van der Waals surface area contributed by atoms with Gasteiger partial charge in [-0.25, -0.2) is 0 Å². The van der Waals surface area contributed by atoms with Crippen molar-refractivity contribution >= 4 is 30.4 Å². The van der Waals surface area contributed by atoms with E-state index in [2.05, 4.69) is 53.8 Å². The lowest BCUT2D eigenvalue weighted by atomic mass is 9.88. The Kier molecular flexibility index (Phi) is 18.9. The van der Waals surface area contributed by atoms with Crippen LogP contribution in [-0.4, -0.2) is 45.4 Å². The second kappa shape index (κ2) is 20.0. The quantitative estimate of drug-likeness (QED) is 0.0523. The zero-order chi connectivity index (χ0) is 26.7. The van der Waals surface area contributed by atoms with Crippen LogP contribution in [0.3, 0.4) is 0 Å². The number of hydrogen-bond donors (Lipinski definition) is 0. The maximum Gasteiger partial charge on any atom is 0.268 e. The highest BCUT2D eigenvalue weighted by molar-refractivity contribution is 14.1. The van der Waals surface area contributed by atoms with Crippen molar-refractivity contribution < 1.29 is 23.0 Å². The zero-order valence-corrected chi connectivity index (χ0v) is 26.6. The molecule has 0 N–H and O–H groups in total. The Bertz CT molecular complexity index is 708. The Balaban J connectivity index is 2.22. The first-order valence-electron chi connectivity index (χ1n) is 14.3. The molecule has 0 aliphatic rings. The predicted molar refractivity (Wildman–Crippen MR) is 159 cm³/mol. The van der Waals surface area contributed by atoms with Crippen LogP contribution in [-0.2, 0) is 13.6 Å². The predicted octanol–water partition coefficient (Wildman–Crippen LogP) is 8.45. The van der Waals surface area contributed by atoms with Crippen LogP contribution in [0, 0.1) is 3.57 Å². The third-order valence-electron chi connectivity index (χ3n) is 6.71. The van der Waals surface area contributed by atoms with E-state index in [4.69, 9.17) is 9.05 Å². The molecule has 7 heteroatoms. The van der Waals surface area contributed by atoms with E-state index in [1.54, 1.807) is 0 Å². The van der Waals surface area contributed by atoms with Gasteiger partial charge >= 0.3 is 0 Å². The molecule has 210 valence electrons. The molecule has 0 bridgehead atoms. The number of hydrogen-bond acceptors (Lipinski definition) is 4. The van der Waals surface area contributed by atoms with Gasteiger partial charge in [0.05, 0.1) is 27.7 Å². The fourth-order valence-electron chi connectivity index (χ4n) is 4.40. The van der Waals surface area contributed by atoms with Crippen molar-refractivity contribution in [2.75, 3.05) is 40.9 Å². The molecular formula is C29H53INO4P. The molecule has 0 heterocycles. The van der Waals surface area contributed by atoms with Gasteiger partial charge in [-0.15, -0.1) is 0 Å². The third-order valence-corrected chi connectivity index (χ3v) is 8.42. The minimum atomic E-state index is -4.17. The summed E-state index contributed by atoms with van der Waals surface area (Å²) in [5.74, 6) is 0.653. The fourth-order valence-corrected chi connectivity index (χ4v) is 5.49. The summed E-state index contributed by atoms with van der Waals surface area (Å²) < 4.78 is 23.8. The minimum absolute atomic E-state index is 0.158. The number of benzene rings is 1. The molecule has 0 fully saturated rings. The molecule has 0 amide bonds. The first-order valence-corrected chi connectivity index (χ1v) is 16.8. The summed E-state index contributed by atoms with van der Waals surface area (Å²) in [6.45, 7) is 3.27. The maximum absolute atomic E-state index is 11.8. The molecule has 0 spiro atoms. The van der Waals surface area contributed by atoms with Gasteiger partial charge < -0.3 is 18.4 Å². The van der Waals surface area contributed by atoms with E-state index in [1.807, 2.05) is 21.1 Å². The normalized spacial score (nSPS) is 14.6. The van der Waals surface area contributed by atoms with E-state index in [-0.39, 0.29) is 13.2 Å². The number of quaternary nitrogens is 1. The van der Waals surface area contributed by atoms with Gasteiger partial charge in [-0.2, -0.15) is 0 Å². The molecule has 5 nitrogen and oxygen atoms in total. The van der Waals surface area contributed by atoms with Crippen molar-refractivity contribution in [3.05, 3.63) is 33.4 Å². The van der Waals surface area contributed by atoms with E-state index in [0.29, 0.717) is 16.9 Å². The van der Waals surface area contributed by atoms with Crippen LogP contribution >= 0.6 is 30.4 Å². The van der Waals surface area contributed by atoms with Crippen molar-refractivity contribution in [3.63, 3.8) is 0 Å². The summed E-state index contributed by atoms with van der Waals surface area (Å²) in [5.41, 5.74) is 1.49. The SMILES string of the molecule is CCCCCCCCCCC(CCCCCCCOP(=O)([O-])OCC[N+](C)(C)C)c1ccc(I)cc1. The molecule has 0 aromatic heterocycles. The van der Waals surface area contributed by atoms with Gasteiger partial charge in [-0.3, -0.25) is 4.57 Å². The smallest absolute Gasteiger partial charge is 0.268 e. The van der Waals surface area contributed by atoms with E-state index in [1.165, 1.54) is 86.2 Å². The molecule has 0 aliphatic carbocycles. The maximum atomic E-state index is 11.8. The lowest BCUT2D eigenvalue weighted by Gasteiger charge is -2.27. The zero-order valence-electron chi connectivity index (χ0n) is 23.5. The average molecular weight is 638 g/mol. The Morgan fingerprint density at radius 1 is 0.778 bits per heavy atom. The summed E-state index contributed by atoms with van der Waals surface area (Å²) in [6.07, 6.45) is 18.8. The largest absolute Gasteiger partial charge is 0.756 e. The van der Waals surface area contributed by atoms with Crippen molar-refractivity contribution in [1.82, 2.24) is 0 Å². The molecule has 36 heavy (non-hydrogen) atoms.